The standard InChI is InChI=1S/C14H30N2O/c1-13-7-4-5-11-16(13)12-6-9-15-10-8-14(2,3)17/h13,15,17H,4-12H2,1-3H3. The molecule has 1 rings (SSSR count). The monoisotopic (exact) mass is 242 g/mol. The smallest absolute Gasteiger partial charge is 0.0603 e. The fourth-order valence-electron chi connectivity index (χ4n) is 2.42. The summed E-state index contributed by atoms with van der Waals surface area (Å²) in [6.07, 6.45) is 6.19. The van der Waals surface area contributed by atoms with Crippen LogP contribution in [-0.2, 0) is 0 Å². The van der Waals surface area contributed by atoms with Crippen molar-refractivity contribution < 1.29 is 5.11 Å². The third-order valence-electron chi connectivity index (χ3n) is 3.65. The van der Waals surface area contributed by atoms with Crippen molar-refractivity contribution in [3.05, 3.63) is 0 Å². The molecular formula is C14H30N2O. The average Bonchev–Trinajstić information content (AvgIpc) is 2.24. The molecule has 0 amide bonds. The Morgan fingerprint density at radius 3 is 2.71 bits per heavy atom. The van der Waals surface area contributed by atoms with Crippen LogP contribution in [0.1, 0.15) is 52.9 Å². The molecule has 0 bridgehead atoms. The van der Waals surface area contributed by atoms with E-state index in [1.165, 1.54) is 38.8 Å². The predicted octanol–water partition coefficient (Wildman–Crippen LogP) is 2.00. The van der Waals surface area contributed by atoms with Crippen LogP contribution in [0.4, 0.5) is 0 Å². The molecule has 1 saturated heterocycles. The Hall–Kier alpha value is -0.120. The van der Waals surface area contributed by atoms with Gasteiger partial charge in [-0.05, 0) is 72.6 Å². The molecule has 0 radical (unpaired) electrons. The van der Waals surface area contributed by atoms with Crippen molar-refractivity contribution in [2.75, 3.05) is 26.2 Å². The zero-order valence-corrected chi connectivity index (χ0v) is 11.8. The van der Waals surface area contributed by atoms with Gasteiger partial charge in [-0.1, -0.05) is 6.42 Å². The lowest BCUT2D eigenvalue weighted by atomic mass is 10.0. The lowest BCUT2D eigenvalue weighted by Gasteiger charge is -2.33. The van der Waals surface area contributed by atoms with Gasteiger partial charge in [-0.2, -0.15) is 0 Å². The van der Waals surface area contributed by atoms with Gasteiger partial charge in [-0.3, -0.25) is 0 Å². The number of likely N-dealkylation sites (tertiary alicyclic amines) is 1. The van der Waals surface area contributed by atoms with Gasteiger partial charge in [0.25, 0.3) is 0 Å². The Bertz CT molecular complexity index is 201. The SMILES string of the molecule is CC1CCCCN1CCCNCCC(C)(C)O. The molecule has 1 unspecified atom stereocenters. The van der Waals surface area contributed by atoms with E-state index in [2.05, 4.69) is 17.1 Å². The van der Waals surface area contributed by atoms with Gasteiger partial charge in [0.15, 0.2) is 0 Å². The number of hydrogen-bond acceptors (Lipinski definition) is 3. The van der Waals surface area contributed by atoms with E-state index in [0.29, 0.717) is 0 Å². The molecule has 1 aliphatic rings. The van der Waals surface area contributed by atoms with Crippen molar-refractivity contribution in [3.8, 4) is 0 Å². The van der Waals surface area contributed by atoms with Crippen LogP contribution in [0, 0.1) is 0 Å². The number of rotatable bonds is 7. The van der Waals surface area contributed by atoms with Crippen LogP contribution in [0.15, 0.2) is 0 Å². The summed E-state index contributed by atoms with van der Waals surface area (Å²) in [6.45, 7) is 10.6. The molecule has 1 aliphatic heterocycles. The van der Waals surface area contributed by atoms with E-state index in [9.17, 15) is 5.11 Å². The Kier molecular flexibility index (Phi) is 6.45. The van der Waals surface area contributed by atoms with E-state index >= 15 is 0 Å². The molecule has 0 aromatic heterocycles. The summed E-state index contributed by atoms with van der Waals surface area (Å²) < 4.78 is 0. The van der Waals surface area contributed by atoms with Crippen molar-refractivity contribution in [2.45, 2.75) is 64.5 Å². The minimum Gasteiger partial charge on any atom is -0.390 e. The van der Waals surface area contributed by atoms with Gasteiger partial charge < -0.3 is 15.3 Å². The first kappa shape index (κ1) is 14.9. The van der Waals surface area contributed by atoms with Crippen molar-refractivity contribution in [3.63, 3.8) is 0 Å². The molecule has 2 N–H and O–H groups in total. The van der Waals surface area contributed by atoms with Gasteiger partial charge >= 0.3 is 0 Å². The predicted molar refractivity (Wildman–Crippen MR) is 73.3 cm³/mol. The molecule has 102 valence electrons. The topological polar surface area (TPSA) is 35.5 Å². The Balaban J connectivity index is 1.96. The first-order chi connectivity index (χ1) is 7.99. The number of hydrogen-bond donors (Lipinski definition) is 2. The van der Waals surface area contributed by atoms with Crippen molar-refractivity contribution in [1.29, 1.82) is 0 Å². The number of piperidine rings is 1. The molecule has 3 heteroatoms. The first-order valence-corrected chi connectivity index (χ1v) is 7.16. The van der Waals surface area contributed by atoms with Crippen molar-refractivity contribution in [2.24, 2.45) is 0 Å². The first-order valence-electron chi connectivity index (χ1n) is 7.16. The maximum atomic E-state index is 9.56. The fourth-order valence-corrected chi connectivity index (χ4v) is 2.42. The van der Waals surface area contributed by atoms with E-state index in [0.717, 1.165) is 25.6 Å². The third-order valence-corrected chi connectivity index (χ3v) is 3.65. The summed E-state index contributed by atoms with van der Waals surface area (Å²) in [5.74, 6) is 0. The van der Waals surface area contributed by atoms with E-state index < -0.39 is 5.60 Å². The number of nitrogens with one attached hydrogen (secondary N) is 1. The molecule has 0 saturated carbocycles. The van der Waals surface area contributed by atoms with Gasteiger partial charge in [0.1, 0.15) is 0 Å². The molecular weight excluding hydrogens is 212 g/mol. The Morgan fingerprint density at radius 2 is 2.06 bits per heavy atom. The summed E-state index contributed by atoms with van der Waals surface area (Å²) in [5.41, 5.74) is -0.533. The molecule has 0 aliphatic carbocycles. The van der Waals surface area contributed by atoms with Crippen LogP contribution in [-0.4, -0.2) is 47.8 Å². The fraction of sp³-hybridized carbons (Fsp3) is 1.00. The van der Waals surface area contributed by atoms with Gasteiger partial charge in [-0.15, -0.1) is 0 Å². The van der Waals surface area contributed by atoms with Crippen LogP contribution in [0.25, 0.3) is 0 Å². The van der Waals surface area contributed by atoms with E-state index in [1.54, 1.807) is 0 Å². The summed E-state index contributed by atoms with van der Waals surface area (Å²) >= 11 is 0. The summed E-state index contributed by atoms with van der Waals surface area (Å²) in [6, 6.07) is 0.778. The molecule has 0 spiro atoms. The van der Waals surface area contributed by atoms with Gasteiger partial charge in [0.2, 0.25) is 0 Å². The second-order valence-electron chi connectivity index (χ2n) is 6.05. The summed E-state index contributed by atoms with van der Waals surface area (Å²) in [4.78, 5) is 2.61. The molecule has 1 heterocycles. The zero-order valence-electron chi connectivity index (χ0n) is 11.8. The quantitative estimate of drug-likeness (QED) is 0.670. The molecule has 0 aromatic carbocycles. The maximum Gasteiger partial charge on any atom is 0.0603 e. The Labute approximate surface area is 107 Å². The normalized spacial score (nSPS) is 22.9. The van der Waals surface area contributed by atoms with Crippen LogP contribution in [0.2, 0.25) is 0 Å². The van der Waals surface area contributed by atoms with Gasteiger partial charge in [0, 0.05) is 6.04 Å². The lowest BCUT2D eigenvalue weighted by Crippen LogP contribution is -2.39. The lowest BCUT2D eigenvalue weighted by molar-refractivity contribution is 0.0711. The minimum absolute atomic E-state index is 0.533. The van der Waals surface area contributed by atoms with Crippen LogP contribution < -0.4 is 5.32 Å². The van der Waals surface area contributed by atoms with Gasteiger partial charge in [-0.25, -0.2) is 0 Å². The molecule has 1 atom stereocenters. The highest BCUT2D eigenvalue weighted by Gasteiger charge is 2.17. The highest BCUT2D eigenvalue weighted by Crippen LogP contribution is 2.16. The minimum atomic E-state index is -0.533. The molecule has 0 aromatic rings. The van der Waals surface area contributed by atoms with Crippen LogP contribution >= 0.6 is 0 Å². The molecule has 3 nitrogen and oxygen atoms in total. The Morgan fingerprint density at radius 1 is 1.29 bits per heavy atom. The third kappa shape index (κ3) is 7.02. The van der Waals surface area contributed by atoms with Crippen LogP contribution in [0.3, 0.4) is 0 Å². The molecule has 1 fully saturated rings. The maximum absolute atomic E-state index is 9.56. The number of aliphatic hydroxyl groups is 1. The summed E-state index contributed by atoms with van der Waals surface area (Å²) in [5, 5.41) is 13.0. The van der Waals surface area contributed by atoms with Gasteiger partial charge in [0.05, 0.1) is 5.60 Å². The van der Waals surface area contributed by atoms with Crippen LogP contribution in [0.5, 0.6) is 0 Å². The molecule has 17 heavy (non-hydrogen) atoms. The largest absolute Gasteiger partial charge is 0.390 e. The number of nitrogens with zero attached hydrogens (tertiary/aromatic N) is 1. The zero-order chi connectivity index (χ0) is 12.7. The second kappa shape index (κ2) is 7.34. The summed E-state index contributed by atoms with van der Waals surface area (Å²) in [7, 11) is 0. The van der Waals surface area contributed by atoms with Crippen molar-refractivity contribution in [1.82, 2.24) is 10.2 Å². The van der Waals surface area contributed by atoms with E-state index in [-0.39, 0.29) is 0 Å². The highest BCUT2D eigenvalue weighted by atomic mass is 16.3. The highest BCUT2D eigenvalue weighted by molar-refractivity contribution is 4.73. The van der Waals surface area contributed by atoms with E-state index in [1.807, 2.05) is 13.8 Å². The second-order valence-corrected chi connectivity index (χ2v) is 6.05. The van der Waals surface area contributed by atoms with Crippen molar-refractivity contribution >= 4 is 0 Å². The van der Waals surface area contributed by atoms with E-state index in [4.69, 9.17) is 0 Å². The average molecular weight is 242 g/mol.